The Labute approximate surface area is 131 Å². The minimum atomic E-state index is -3.63. The van der Waals surface area contributed by atoms with Gasteiger partial charge in [0.05, 0.1) is 25.0 Å². The molecule has 0 aliphatic heterocycles. The highest BCUT2D eigenvalue weighted by atomic mass is 32.2. The highest BCUT2D eigenvalue weighted by Crippen LogP contribution is 2.04. The average Bonchev–Trinajstić information content (AvgIpc) is 2.34. The van der Waals surface area contributed by atoms with Crippen LogP contribution in [0.2, 0.25) is 0 Å². The normalized spacial score (nSPS) is 13.4. The van der Waals surface area contributed by atoms with Crippen LogP contribution in [0.25, 0.3) is 0 Å². The van der Waals surface area contributed by atoms with Gasteiger partial charge in [-0.2, -0.15) is 0 Å². The lowest BCUT2D eigenvalue weighted by Gasteiger charge is -2.16. The van der Waals surface area contributed by atoms with Crippen molar-refractivity contribution in [3.05, 3.63) is 0 Å². The molecule has 0 heterocycles. The van der Waals surface area contributed by atoms with Crippen molar-refractivity contribution in [2.45, 2.75) is 46.3 Å². The number of hydrogen-bond donors (Lipinski definition) is 3. The third-order valence-electron chi connectivity index (χ3n) is 2.60. The van der Waals surface area contributed by atoms with E-state index in [2.05, 4.69) is 10.0 Å². The summed E-state index contributed by atoms with van der Waals surface area (Å²) >= 11 is 0. The molecular formula is C13H26N2O6S. The standard InChI is InChI=1S/C13H26N2O6S/c1-9(2)7-11(13(17)18)15-12(16)8-14-22(19,20)6-5-21-10(3)4/h9-11,14H,5-8H2,1-4H3,(H,15,16)(H,17,18). The lowest BCUT2D eigenvalue weighted by atomic mass is 10.0. The quantitative estimate of drug-likeness (QED) is 0.485. The lowest BCUT2D eigenvalue weighted by Crippen LogP contribution is -2.46. The smallest absolute Gasteiger partial charge is 0.326 e. The Morgan fingerprint density at radius 2 is 1.77 bits per heavy atom. The minimum Gasteiger partial charge on any atom is -0.480 e. The average molecular weight is 338 g/mol. The maximum atomic E-state index is 11.6. The van der Waals surface area contributed by atoms with Gasteiger partial charge in [-0.15, -0.1) is 0 Å². The van der Waals surface area contributed by atoms with E-state index in [4.69, 9.17) is 9.84 Å². The van der Waals surface area contributed by atoms with Crippen LogP contribution in [0.3, 0.4) is 0 Å². The van der Waals surface area contributed by atoms with Crippen molar-refractivity contribution in [3.8, 4) is 0 Å². The van der Waals surface area contributed by atoms with Crippen molar-refractivity contribution in [3.63, 3.8) is 0 Å². The van der Waals surface area contributed by atoms with Gasteiger partial charge < -0.3 is 15.2 Å². The van der Waals surface area contributed by atoms with Gasteiger partial charge in [0.25, 0.3) is 0 Å². The molecule has 0 bridgehead atoms. The molecule has 130 valence electrons. The van der Waals surface area contributed by atoms with Crippen LogP contribution >= 0.6 is 0 Å². The molecule has 1 atom stereocenters. The molecule has 0 aromatic heterocycles. The molecule has 3 N–H and O–H groups in total. The molecule has 0 saturated carbocycles. The summed E-state index contributed by atoms with van der Waals surface area (Å²) in [7, 11) is -3.63. The SMILES string of the molecule is CC(C)CC(NC(=O)CNS(=O)(=O)CCOC(C)C)C(=O)O. The molecule has 1 unspecified atom stereocenters. The van der Waals surface area contributed by atoms with Gasteiger partial charge in [0.15, 0.2) is 0 Å². The van der Waals surface area contributed by atoms with Crippen LogP contribution in [-0.2, 0) is 24.3 Å². The molecular weight excluding hydrogens is 312 g/mol. The van der Waals surface area contributed by atoms with E-state index in [9.17, 15) is 18.0 Å². The van der Waals surface area contributed by atoms with Gasteiger partial charge in [-0.25, -0.2) is 17.9 Å². The van der Waals surface area contributed by atoms with Gasteiger partial charge in [-0.3, -0.25) is 4.79 Å². The molecule has 0 aliphatic rings. The van der Waals surface area contributed by atoms with Crippen LogP contribution in [0.1, 0.15) is 34.1 Å². The number of carbonyl (C=O) groups excluding carboxylic acids is 1. The number of nitrogens with one attached hydrogen (secondary N) is 2. The number of hydrogen-bond acceptors (Lipinski definition) is 5. The molecule has 22 heavy (non-hydrogen) atoms. The monoisotopic (exact) mass is 338 g/mol. The van der Waals surface area contributed by atoms with Crippen molar-refractivity contribution in [2.75, 3.05) is 18.9 Å². The summed E-state index contributed by atoms with van der Waals surface area (Å²) < 4.78 is 30.5. The molecule has 0 aromatic carbocycles. The number of carboxylic acid groups (broad SMARTS) is 1. The zero-order valence-electron chi connectivity index (χ0n) is 13.5. The van der Waals surface area contributed by atoms with Gasteiger partial charge in [0.2, 0.25) is 15.9 Å². The second-order valence-electron chi connectivity index (χ2n) is 5.65. The minimum absolute atomic E-state index is 0.0275. The van der Waals surface area contributed by atoms with Crippen molar-refractivity contribution in [2.24, 2.45) is 5.92 Å². The molecule has 0 spiro atoms. The van der Waals surface area contributed by atoms with Crippen LogP contribution in [0, 0.1) is 5.92 Å². The fourth-order valence-corrected chi connectivity index (χ4v) is 2.39. The van der Waals surface area contributed by atoms with Crippen LogP contribution in [-0.4, -0.2) is 56.5 Å². The van der Waals surface area contributed by atoms with Crippen molar-refractivity contribution >= 4 is 21.9 Å². The zero-order valence-corrected chi connectivity index (χ0v) is 14.3. The highest BCUT2D eigenvalue weighted by Gasteiger charge is 2.21. The molecule has 1 amide bonds. The Bertz CT molecular complexity index is 461. The summed E-state index contributed by atoms with van der Waals surface area (Å²) in [6.07, 6.45) is 0.196. The maximum absolute atomic E-state index is 11.6. The van der Waals surface area contributed by atoms with E-state index in [0.717, 1.165) is 0 Å². The molecule has 0 rings (SSSR count). The fourth-order valence-electron chi connectivity index (χ4n) is 1.58. The predicted octanol–water partition coefficient (Wildman–Crippen LogP) is -0.0537. The van der Waals surface area contributed by atoms with E-state index in [1.54, 1.807) is 13.8 Å². The summed E-state index contributed by atoms with van der Waals surface area (Å²) in [6, 6.07) is -1.03. The first-order chi connectivity index (χ1) is 10.0. The molecule has 9 heteroatoms. The second kappa shape index (κ2) is 9.75. The number of rotatable bonds is 11. The summed E-state index contributed by atoms with van der Waals surface area (Å²) in [5, 5.41) is 11.3. The molecule has 0 aliphatic carbocycles. The van der Waals surface area contributed by atoms with Crippen molar-refractivity contribution < 1.29 is 27.9 Å². The predicted molar refractivity (Wildman–Crippen MR) is 81.9 cm³/mol. The first-order valence-electron chi connectivity index (χ1n) is 7.14. The first kappa shape index (κ1) is 20.8. The number of carbonyl (C=O) groups is 2. The number of ether oxygens (including phenoxy) is 1. The lowest BCUT2D eigenvalue weighted by molar-refractivity contribution is -0.142. The second-order valence-corrected chi connectivity index (χ2v) is 7.57. The third kappa shape index (κ3) is 10.5. The van der Waals surface area contributed by atoms with Crippen LogP contribution < -0.4 is 10.0 Å². The summed E-state index contributed by atoms with van der Waals surface area (Å²) in [5.41, 5.74) is 0. The largest absolute Gasteiger partial charge is 0.480 e. The summed E-state index contributed by atoms with van der Waals surface area (Å²) in [6.45, 7) is 6.77. The van der Waals surface area contributed by atoms with E-state index in [0.29, 0.717) is 0 Å². The van der Waals surface area contributed by atoms with Gasteiger partial charge in [0.1, 0.15) is 6.04 Å². The van der Waals surface area contributed by atoms with Gasteiger partial charge in [-0.05, 0) is 26.2 Å². The Kier molecular flexibility index (Phi) is 9.22. The van der Waals surface area contributed by atoms with E-state index >= 15 is 0 Å². The molecule has 0 radical (unpaired) electrons. The molecule has 0 fully saturated rings. The summed E-state index contributed by atoms with van der Waals surface area (Å²) in [4.78, 5) is 22.6. The number of carboxylic acids is 1. The number of aliphatic carboxylic acids is 1. The molecule has 0 saturated heterocycles. The van der Waals surface area contributed by atoms with E-state index in [1.807, 2.05) is 13.8 Å². The Hall–Kier alpha value is -1.19. The third-order valence-corrected chi connectivity index (χ3v) is 3.88. The zero-order chi connectivity index (χ0) is 17.3. The van der Waals surface area contributed by atoms with Gasteiger partial charge in [-0.1, -0.05) is 13.8 Å². The Morgan fingerprint density at radius 1 is 1.18 bits per heavy atom. The first-order valence-corrected chi connectivity index (χ1v) is 8.79. The topological polar surface area (TPSA) is 122 Å². The van der Waals surface area contributed by atoms with E-state index in [1.165, 1.54) is 0 Å². The number of amides is 1. The Morgan fingerprint density at radius 3 is 2.23 bits per heavy atom. The summed E-state index contributed by atoms with van der Waals surface area (Å²) in [5.74, 6) is -1.99. The molecule has 0 aromatic rings. The van der Waals surface area contributed by atoms with Crippen LogP contribution in [0.15, 0.2) is 0 Å². The van der Waals surface area contributed by atoms with E-state index < -0.39 is 34.5 Å². The Balaban J connectivity index is 4.27. The highest BCUT2D eigenvalue weighted by molar-refractivity contribution is 7.89. The van der Waals surface area contributed by atoms with Crippen LogP contribution in [0.5, 0.6) is 0 Å². The maximum Gasteiger partial charge on any atom is 0.326 e. The number of sulfonamides is 1. The van der Waals surface area contributed by atoms with E-state index in [-0.39, 0.29) is 30.8 Å². The van der Waals surface area contributed by atoms with Crippen molar-refractivity contribution in [1.82, 2.24) is 10.0 Å². The van der Waals surface area contributed by atoms with Crippen molar-refractivity contribution in [1.29, 1.82) is 0 Å². The van der Waals surface area contributed by atoms with Crippen LogP contribution in [0.4, 0.5) is 0 Å². The van der Waals surface area contributed by atoms with Gasteiger partial charge in [0, 0.05) is 0 Å². The fraction of sp³-hybridized carbons (Fsp3) is 0.846. The molecule has 8 nitrogen and oxygen atoms in total. The van der Waals surface area contributed by atoms with Gasteiger partial charge >= 0.3 is 5.97 Å².